The van der Waals surface area contributed by atoms with Gasteiger partial charge >= 0.3 is 0 Å². The second-order valence-electron chi connectivity index (χ2n) is 4.51. The van der Waals surface area contributed by atoms with Gasteiger partial charge in [-0.05, 0) is 19.8 Å². The molecule has 1 atom stereocenters. The highest BCUT2D eigenvalue weighted by molar-refractivity contribution is 5.78. The standard InChI is InChI=1S/C11H24N2O2/c1-8(2)10(7-14)12-6-11(15)13(5)9(3)4/h8-10,12,14H,6-7H2,1-5H3. The minimum atomic E-state index is -0.00508. The second kappa shape index (κ2) is 6.80. The van der Waals surface area contributed by atoms with Crippen LogP contribution in [-0.4, -0.2) is 48.2 Å². The number of carbonyl (C=O) groups is 1. The third-order valence-electron chi connectivity index (χ3n) is 2.68. The highest BCUT2D eigenvalue weighted by atomic mass is 16.3. The van der Waals surface area contributed by atoms with Gasteiger partial charge in [-0.25, -0.2) is 0 Å². The zero-order chi connectivity index (χ0) is 12.0. The first-order valence-electron chi connectivity index (χ1n) is 5.50. The lowest BCUT2D eigenvalue weighted by molar-refractivity contribution is -0.130. The third kappa shape index (κ3) is 5.14. The number of amides is 1. The van der Waals surface area contributed by atoms with Gasteiger partial charge in [0.05, 0.1) is 13.2 Å². The fraction of sp³-hybridized carbons (Fsp3) is 0.909. The van der Waals surface area contributed by atoms with E-state index >= 15 is 0 Å². The van der Waals surface area contributed by atoms with Crippen LogP contribution in [0.1, 0.15) is 27.7 Å². The van der Waals surface area contributed by atoms with Gasteiger partial charge in [-0.1, -0.05) is 13.8 Å². The lowest BCUT2D eigenvalue weighted by atomic mass is 10.1. The SMILES string of the molecule is CC(C)C(CO)NCC(=O)N(C)C(C)C. The molecule has 4 heteroatoms. The van der Waals surface area contributed by atoms with Gasteiger partial charge in [-0.2, -0.15) is 0 Å². The van der Waals surface area contributed by atoms with Crippen LogP contribution in [-0.2, 0) is 4.79 Å². The Morgan fingerprint density at radius 1 is 1.33 bits per heavy atom. The summed E-state index contributed by atoms with van der Waals surface area (Å²) in [5, 5.41) is 12.1. The first-order valence-corrected chi connectivity index (χ1v) is 5.50. The van der Waals surface area contributed by atoms with Crippen molar-refractivity contribution >= 4 is 5.91 Å². The van der Waals surface area contributed by atoms with E-state index in [0.29, 0.717) is 5.92 Å². The number of hydrogen-bond donors (Lipinski definition) is 2. The Kier molecular flexibility index (Phi) is 6.52. The fourth-order valence-corrected chi connectivity index (χ4v) is 1.14. The number of aliphatic hydroxyl groups excluding tert-OH is 1. The molecule has 0 heterocycles. The van der Waals surface area contributed by atoms with Crippen molar-refractivity contribution in [2.45, 2.75) is 39.8 Å². The molecular weight excluding hydrogens is 192 g/mol. The van der Waals surface area contributed by atoms with E-state index in [2.05, 4.69) is 5.32 Å². The van der Waals surface area contributed by atoms with Crippen molar-refractivity contribution in [3.8, 4) is 0 Å². The summed E-state index contributed by atoms with van der Waals surface area (Å²) in [5.41, 5.74) is 0. The molecule has 90 valence electrons. The predicted molar refractivity (Wildman–Crippen MR) is 61.6 cm³/mol. The summed E-state index contributed by atoms with van der Waals surface area (Å²) in [5.74, 6) is 0.385. The quantitative estimate of drug-likeness (QED) is 0.678. The molecule has 0 aromatic rings. The number of rotatable bonds is 6. The Labute approximate surface area is 92.7 Å². The van der Waals surface area contributed by atoms with Crippen LogP contribution >= 0.6 is 0 Å². The zero-order valence-electron chi connectivity index (χ0n) is 10.4. The van der Waals surface area contributed by atoms with Gasteiger partial charge in [0, 0.05) is 19.1 Å². The number of hydrogen-bond acceptors (Lipinski definition) is 3. The molecule has 2 N–H and O–H groups in total. The van der Waals surface area contributed by atoms with Crippen molar-refractivity contribution in [1.29, 1.82) is 0 Å². The summed E-state index contributed by atoms with van der Waals surface area (Å²) in [4.78, 5) is 13.3. The molecule has 0 spiro atoms. The van der Waals surface area contributed by atoms with E-state index in [-0.39, 0.29) is 31.1 Å². The molecule has 0 fully saturated rings. The molecule has 0 aliphatic carbocycles. The summed E-state index contributed by atoms with van der Waals surface area (Å²) in [6, 6.07) is 0.209. The second-order valence-corrected chi connectivity index (χ2v) is 4.51. The molecule has 0 bridgehead atoms. The third-order valence-corrected chi connectivity index (χ3v) is 2.68. The van der Waals surface area contributed by atoms with Gasteiger partial charge in [0.15, 0.2) is 0 Å². The smallest absolute Gasteiger partial charge is 0.236 e. The molecule has 0 saturated heterocycles. The lowest BCUT2D eigenvalue weighted by Crippen LogP contribution is -2.45. The molecule has 0 saturated carbocycles. The van der Waals surface area contributed by atoms with Crippen LogP contribution < -0.4 is 5.32 Å². The van der Waals surface area contributed by atoms with Crippen LogP contribution in [0.5, 0.6) is 0 Å². The van der Waals surface area contributed by atoms with E-state index in [0.717, 1.165) is 0 Å². The molecule has 0 aromatic heterocycles. The molecule has 1 amide bonds. The van der Waals surface area contributed by atoms with Crippen LogP contribution in [0.25, 0.3) is 0 Å². The van der Waals surface area contributed by atoms with Gasteiger partial charge in [0.1, 0.15) is 0 Å². The van der Waals surface area contributed by atoms with Crippen molar-refractivity contribution in [3.63, 3.8) is 0 Å². The van der Waals surface area contributed by atoms with Gasteiger partial charge in [-0.3, -0.25) is 4.79 Å². The number of nitrogens with zero attached hydrogens (tertiary/aromatic N) is 1. The minimum Gasteiger partial charge on any atom is -0.395 e. The van der Waals surface area contributed by atoms with E-state index in [9.17, 15) is 4.79 Å². The Bertz CT molecular complexity index is 193. The maximum Gasteiger partial charge on any atom is 0.236 e. The first kappa shape index (κ1) is 14.4. The average Bonchev–Trinajstić information content (AvgIpc) is 2.16. The normalized spacial score (nSPS) is 13.3. The van der Waals surface area contributed by atoms with Gasteiger partial charge in [0.25, 0.3) is 0 Å². The Morgan fingerprint density at radius 2 is 1.87 bits per heavy atom. The van der Waals surface area contributed by atoms with Crippen LogP contribution in [0.4, 0.5) is 0 Å². The number of likely N-dealkylation sites (N-methyl/N-ethyl adjacent to an activating group) is 1. The van der Waals surface area contributed by atoms with E-state index in [1.807, 2.05) is 27.7 Å². The monoisotopic (exact) mass is 216 g/mol. The summed E-state index contributed by atoms with van der Waals surface area (Å²) < 4.78 is 0. The predicted octanol–water partition coefficient (Wildman–Crippen LogP) is 0.460. The fourth-order valence-electron chi connectivity index (χ4n) is 1.14. The maximum atomic E-state index is 11.6. The number of nitrogens with one attached hydrogen (secondary N) is 1. The van der Waals surface area contributed by atoms with Gasteiger partial charge < -0.3 is 15.3 Å². The summed E-state index contributed by atoms with van der Waals surface area (Å²) >= 11 is 0. The molecule has 15 heavy (non-hydrogen) atoms. The van der Waals surface area contributed by atoms with Crippen molar-refractivity contribution in [2.24, 2.45) is 5.92 Å². The Hall–Kier alpha value is -0.610. The van der Waals surface area contributed by atoms with E-state index in [1.165, 1.54) is 0 Å². The topological polar surface area (TPSA) is 52.6 Å². The summed E-state index contributed by atoms with van der Waals surface area (Å²) in [6.07, 6.45) is 0. The molecule has 4 nitrogen and oxygen atoms in total. The van der Waals surface area contributed by atoms with Crippen molar-refractivity contribution in [3.05, 3.63) is 0 Å². The zero-order valence-corrected chi connectivity index (χ0v) is 10.4. The average molecular weight is 216 g/mol. The lowest BCUT2D eigenvalue weighted by Gasteiger charge is -2.24. The van der Waals surface area contributed by atoms with Crippen LogP contribution in [0.3, 0.4) is 0 Å². The molecule has 0 rings (SSSR count). The van der Waals surface area contributed by atoms with Crippen molar-refractivity contribution in [1.82, 2.24) is 10.2 Å². The molecule has 0 aromatic carbocycles. The largest absolute Gasteiger partial charge is 0.395 e. The van der Waals surface area contributed by atoms with Gasteiger partial charge in [0.2, 0.25) is 5.91 Å². The first-order chi connectivity index (χ1) is 6.90. The molecular formula is C11H24N2O2. The van der Waals surface area contributed by atoms with Crippen molar-refractivity contribution in [2.75, 3.05) is 20.2 Å². The van der Waals surface area contributed by atoms with E-state index in [4.69, 9.17) is 5.11 Å². The number of aliphatic hydroxyl groups is 1. The summed E-state index contributed by atoms with van der Waals surface area (Å²) in [6.45, 7) is 8.34. The number of carbonyl (C=O) groups excluding carboxylic acids is 1. The molecule has 0 aliphatic heterocycles. The van der Waals surface area contributed by atoms with Crippen LogP contribution in [0.2, 0.25) is 0 Å². The highest BCUT2D eigenvalue weighted by Crippen LogP contribution is 2.00. The molecule has 0 radical (unpaired) electrons. The highest BCUT2D eigenvalue weighted by Gasteiger charge is 2.16. The Morgan fingerprint density at radius 3 is 2.20 bits per heavy atom. The maximum absolute atomic E-state index is 11.6. The van der Waals surface area contributed by atoms with Crippen LogP contribution in [0.15, 0.2) is 0 Å². The summed E-state index contributed by atoms with van der Waals surface area (Å²) in [7, 11) is 1.79. The van der Waals surface area contributed by atoms with Crippen LogP contribution in [0, 0.1) is 5.92 Å². The van der Waals surface area contributed by atoms with E-state index < -0.39 is 0 Å². The van der Waals surface area contributed by atoms with E-state index in [1.54, 1.807) is 11.9 Å². The van der Waals surface area contributed by atoms with Gasteiger partial charge in [-0.15, -0.1) is 0 Å². The molecule has 0 aliphatic rings. The van der Waals surface area contributed by atoms with Crippen molar-refractivity contribution < 1.29 is 9.90 Å². The minimum absolute atomic E-state index is 0.00508. The Balaban J connectivity index is 3.98. The molecule has 1 unspecified atom stereocenters.